The van der Waals surface area contributed by atoms with Crippen molar-refractivity contribution in [2.45, 2.75) is 82.6 Å². The number of anilines is 3. The summed E-state index contributed by atoms with van der Waals surface area (Å²) in [7, 11) is 3.55. The lowest BCUT2D eigenvalue weighted by Crippen LogP contribution is -2.53. The summed E-state index contributed by atoms with van der Waals surface area (Å²) < 4.78 is 17.4. The second-order valence-electron chi connectivity index (χ2n) is 16.6. The van der Waals surface area contributed by atoms with Crippen molar-refractivity contribution in [1.82, 2.24) is 44.4 Å². The standard InChI is InChI=1S/C42H50FN11O4/c1-49(2)41(58)35-20-26-22-45-42(48-38(26)54(35)30-5-3-4-6-30)46-36-9-7-31(23-44-36)52-17-15-51(16-18-52)29-11-13-50(14-12-29)24-28-19-27-25-53(40(57)32(27)21-33(28)43)34-8-10-37(55)47-39(34)56/h7,9,19-23,29-30,34H,3-6,8,10-18,24-25H2,1-2H3,(H,47,55,56)(H,44,45,46,48). The highest BCUT2D eigenvalue weighted by molar-refractivity contribution is 6.05. The van der Waals surface area contributed by atoms with Gasteiger partial charge in [0.1, 0.15) is 29.0 Å². The first kappa shape index (κ1) is 38.1. The van der Waals surface area contributed by atoms with Crippen molar-refractivity contribution in [3.8, 4) is 0 Å². The highest BCUT2D eigenvalue weighted by atomic mass is 19.1. The Balaban J connectivity index is 0.765. The zero-order valence-corrected chi connectivity index (χ0v) is 33.1. The molecule has 3 saturated heterocycles. The first-order chi connectivity index (χ1) is 28.1. The molecule has 0 bridgehead atoms. The number of rotatable bonds is 9. The van der Waals surface area contributed by atoms with Crippen LogP contribution in [0, 0.1) is 5.82 Å². The van der Waals surface area contributed by atoms with E-state index in [1.165, 1.54) is 11.0 Å². The predicted molar refractivity (Wildman–Crippen MR) is 215 cm³/mol. The molecule has 16 heteroatoms. The SMILES string of the molecule is CN(C)C(=O)c1cc2cnc(Nc3ccc(N4CCN(C5CCN(Cc6cc7c(cc6F)C(=O)N(C6CCC(=O)NC6=O)C7)CC5)CC4)cn3)nc2n1C1CCCC1. The van der Waals surface area contributed by atoms with E-state index in [-0.39, 0.29) is 43.1 Å². The zero-order valence-electron chi connectivity index (χ0n) is 33.1. The monoisotopic (exact) mass is 791 g/mol. The van der Waals surface area contributed by atoms with Crippen LogP contribution in [0.25, 0.3) is 11.0 Å². The molecule has 1 saturated carbocycles. The normalized spacial score (nSPS) is 21.2. The number of nitrogens with one attached hydrogen (secondary N) is 2. The summed E-state index contributed by atoms with van der Waals surface area (Å²) in [5.74, 6) is -0.499. The van der Waals surface area contributed by atoms with Gasteiger partial charge in [0.05, 0.1) is 11.9 Å². The Hall–Kier alpha value is -5.48. The number of nitrogens with zero attached hydrogens (tertiary/aromatic N) is 9. The summed E-state index contributed by atoms with van der Waals surface area (Å²) in [6, 6.07) is 9.05. The number of carbonyl (C=O) groups is 4. The summed E-state index contributed by atoms with van der Waals surface area (Å²) in [4.78, 5) is 74.7. The number of piperazine rings is 1. The van der Waals surface area contributed by atoms with Crippen molar-refractivity contribution in [1.29, 1.82) is 0 Å². The Morgan fingerprint density at radius 2 is 1.69 bits per heavy atom. The van der Waals surface area contributed by atoms with Crippen molar-refractivity contribution >= 4 is 52.1 Å². The van der Waals surface area contributed by atoms with E-state index in [9.17, 15) is 19.2 Å². The van der Waals surface area contributed by atoms with Crippen LogP contribution in [0.4, 0.5) is 21.8 Å². The minimum Gasteiger partial charge on any atom is -0.368 e. The molecule has 2 N–H and O–H groups in total. The second-order valence-corrected chi connectivity index (χ2v) is 16.6. The Morgan fingerprint density at radius 1 is 0.914 bits per heavy atom. The molecular formula is C42H50FN11O4. The maximum atomic E-state index is 15.3. The molecule has 1 atom stereocenters. The third kappa shape index (κ3) is 7.39. The number of imide groups is 1. The first-order valence-corrected chi connectivity index (χ1v) is 20.6. The number of benzene rings is 1. The first-order valence-electron chi connectivity index (χ1n) is 20.6. The fourth-order valence-electron chi connectivity index (χ4n) is 9.55. The molecule has 0 radical (unpaired) electrons. The van der Waals surface area contributed by atoms with Gasteiger partial charge in [-0.1, -0.05) is 12.8 Å². The number of piperidine rings is 2. The third-order valence-electron chi connectivity index (χ3n) is 12.7. The number of hydrogen-bond donors (Lipinski definition) is 2. The lowest BCUT2D eigenvalue weighted by molar-refractivity contribution is -0.136. The molecule has 5 aliphatic rings. The van der Waals surface area contributed by atoms with E-state index in [1.54, 1.807) is 31.3 Å². The van der Waals surface area contributed by atoms with E-state index in [1.807, 2.05) is 18.3 Å². The van der Waals surface area contributed by atoms with Crippen molar-refractivity contribution in [2.24, 2.45) is 0 Å². The van der Waals surface area contributed by atoms with Crippen LogP contribution in [-0.4, -0.2) is 128 Å². The van der Waals surface area contributed by atoms with E-state index >= 15 is 4.39 Å². The van der Waals surface area contributed by atoms with Crippen LogP contribution in [0.2, 0.25) is 0 Å². The molecular weight excluding hydrogens is 742 g/mol. The molecule has 1 aromatic carbocycles. The van der Waals surface area contributed by atoms with Gasteiger partial charge in [0.2, 0.25) is 17.8 Å². The topological polar surface area (TPSA) is 152 Å². The third-order valence-corrected chi connectivity index (χ3v) is 12.7. The lowest BCUT2D eigenvalue weighted by Gasteiger charge is -2.43. The van der Waals surface area contributed by atoms with Crippen LogP contribution in [-0.2, 0) is 22.7 Å². The van der Waals surface area contributed by atoms with Gasteiger partial charge in [-0.25, -0.2) is 14.4 Å². The second kappa shape index (κ2) is 15.7. The molecule has 3 aromatic heterocycles. The number of halogens is 1. The molecule has 304 valence electrons. The molecule has 4 aliphatic heterocycles. The average Bonchev–Trinajstić information content (AvgIpc) is 3.96. The molecule has 15 nitrogen and oxygen atoms in total. The summed E-state index contributed by atoms with van der Waals surface area (Å²) in [5, 5.41) is 6.44. The minimum absolute atomic E-state index is 0.0341. The fraction of sp³-hybridized carbons (Fsp3) is 0.500. The Bertz CT molecular complexity index is 2240. The molecule has 4 aromatic rings. The van der Waals surface area contributed by atoms with Crippen molar-refractivity contribution < 1.29 is 23.6 Å². The van der Waals surface area contributed by atoms with Crippen LogP contribution in [0.15, 0.2) is 42.7 Å². The Labute approximate surface area is 336 Å². The highest BCUT2D eigenvalue weighted by Crippen LogP contribution is 2.35. The van der Waals surface area contributed by atoms with E-state index < -0.39 is 17.8 Å². The van der Waals surface area contributed by atoms with E-state index in [2.05, 4.69) is 41.0 Å². The van der Waals surface area contributed by atoms with E-state index in [0.717, 1.165) is 100 Å². The van der Waals surface area contributed by atoms with Gasteiger partial charge in [-0.2, -0.15) is 4.98 Å². The number of pyridine rings is 1. The van der Waals surface area contributed by atoms with Gasteiger partial charge in [0.25, 0.3) is 11.8 Å². The number of hydrogen-bond acceptors (Lipinski definition) is 11. The van der Waals surface area contributed by atoms with Gasteiger partial charge >= 0.3 is 0 Å². The quantitative estimate of drug-likeness (QED) is 0.236. The number of amides is 4. The van der Waals surface area contributed by atoms with Crippen molar-refractivity contribution in [3.63, 3.8) is 0 Å². The molecule has 4 fully saturated rings. The lowest BCUT2D eigenvalue weighted by atomic mass is 10.0. The van der Waals surface area contributed by atoms with Gasteiger partial charge in [0, 0.05) is 94.6 Å². The molecule has 58 heavy (non-hydrogen) atoms. The van der Waals surface area contributed by atoms with Gasteiger partial charge in [-0.3, -0.25) is 34.3 Å². The van der Waals surface area contributed by atoms with Crippen molar-refractivity contribution in [3.05, 3.63) is 70.9 Å². The Kier molecular flexibility index (Phi) is 10.3. The molecule has 1 unspecified atom stereocenters. The van der Waals surface area contributed by atoms with E-state index in [0.29, 0.717) is 41.2 Å². The van der Waals surface area contributed by atoms with Gasteiger partial charge in [-0.05, 0) is 81.1 Å². The number of aromatic nitrogens is 4. The summed E-state index contributed by atoms with van der Waals surface area (Å²) in [5.41, 5.74) is 4.08. The van der Waals surface area contributed by atoms with E-state index in [4.69, 9.17) is 9.97 Å². The predicted octanol–water partition coefficient (Wildman–Crippen LogP) is 4.07. The number of fused-ring (bicyclic) bond motifs is 2. The average molecular weight is 792 g/mol. The van der Waals surface area contributed by atoms with Crippen molar-refractivity contribution in [2.75, 3.05) is 63.6 Å². The number of carbonyl (C=O) groups excluding carboxylic acids is 4. The van der Waals surface area contributed by atoms with Crippen LogP contribution >= 0.6 is 0 Å². The van der Waals surface area contributed by atoms with Crippen LogP contribution < -0.4 is 15.5 Å². The van der Waals surface area contributed by atoms with Gasteiger partial charge in [0.15, 0.2) is 0 Å². The minimum atomic E-state index is -0.717. The molecule has 4 amide bonds. The zero-order chi connectivity index (χ0) is 40.1. The summed E-state index contributed by atoms with van der Waals surface area (Å²) >= 11 is 0. The van der Waals surface area contributed by atoms with Crippen LogP contribution in [0.3, 0.4) is 0 Å². The molecule has 7 heterocycles. The Morgan fingerprint density at radius 3 is 2.40 bits per heavy atom. The summed E-state index contributed by atoms with van der Waals surface area (Å²) in [6.07, 6.45) is 10.5. The van der Waals surface area contributed by atoms with Gasteiger partial charge in [-0.15, -0.1) is 0 Å². The summed E-state index contributed by atoms with van der Waals surface area (Å²) in [6.45, 7) is 6.13. The smallest absolute Gasteiger partial charge is 0.270 e. The molecule has 1 aliphatic carbocycles. The molecule has 0 spiro atoms. The van der Waals surface area contributed by atoms with Crippen LogP contribution in [0.5, 0.6) is 0 Å². The van der Waals surface area contributed by atoms with Gasteiger partial charge < -0.3 is 24.6 Å². The maximum Gasteiger partial charge on any atom is 0.270 e. The largest absolute Gasteiger partial charge is 0.368 e. The van der Waals surface area contributed by atoms with Crippen LogP contribution in [0.1, 0.15) is 89.4 Å². The maximum absolute atomic E-state index is 15.3. The molecule has 9 rings (SSSR count). The highest BCUT2D eigenvalue weighted by Gasteiger charge is 2.40. The fourth-order valence-corrected chi connectivity index (χ4v) is 9.55. The number of likely N-dealkylation sites (tertiary alicyclic amines) is 1.